The zero-order valence-electron chi connectivity index (χ0n) is 16.6. The van der Waals surface area contributed by atoms with E-state index in [-0.39, 0.29) is 16.7 Å². The van der Waals surface area contributed by atoms with Gasteiger partial charge in [-0.1, -0.05) is 32.4 Å². The summed E-state index contributed by atoms with van der Waals surface area (Å²) in [6.45, 7) is 6.63. The molecule has 3 atom stereocenters. The SMILES string of the molecule is CCC(=O)C12CCC3(CC1)[C@@H]1CCC4=C(CC(C)C(=O)C4)C1=CC[C@]23C. The van der Waals surface area contributed by atoms with E-state index in [4.69, 9.17) is 0 Å². The Kier molecular flexibility index (Phi) is 3.39. The molecule has 0 heterocycles. The lowest BCUT2D eigenvalue weighted by Crippen LogP contribution is -2.49. The number of carbonyl (C=O) groups is 2. The Morgan fingerprint density at radius 3 is 2.65 bits per heavy atom. The summed E-state index contributed by atoms with van der Waals surface area (Å²) in [6, 6.07) is 0. The van der Waals surface area contributed by atoms with Crippen molar-refractivity contribution < 1.29 is 9.59 Å². The van der Waals surface area contributed by atoms with Crippen LogP contribution in [0.15, 0.2) is 22.8 Å². The fourth-order valence-corrected chi connectivity index (χ4v) is 8.21. The van der Waals surface area contributed by atoms with E-state index >= 15 is 0 Å². The summed E-state index contributed by atoms with van der Waals surface area (Å²) in [5, 5.41) is 0. The molecule has 0 spiro atoms. The summed E-state index contributed by atoms with van der Waals surface area (Å²) in [5.41, 5.74) is 5.05. The van der Waals surface area contributed by atoms with Crippen molar-refractivity contribution in [1.29, 1.82) is 0 Å². The van der Waals surface area contributed by atoms with Crippen molar-refractivity contribution in [3.8, 4) is 0 Å². The quantitative estimate of drug-likeness (QED) is 0.651. The van der Waals surface area contributed by atoms with Crippen molar-refractivity contribution in [3.05, 3.63) is 22.8 Å². The smallest absolute Gasteiger partial charge is 0.140 e. The van der Waals surface area contributed by atoms with Gasteiger partial charge in [0, 0.05) is 24.2 Å². The highest BCUT2D eigenvalue weighted by Crippen LogP contribution is 2.79. The molecule has 5 aliphatic rings. The van der Waals surface area contributed by atoms with E-state index in [1.165, 1.54) is 24.8 Å². The second-order valence-corrected chi connectivity index (χ2v) is 10.1. The van der Waals surface area contributed by atoms with Crippen LogP contribution < -0.4 is 0 Å². The van der Waals surface area contributed by atoms with Gasteiger partial charge in [0.15, 0.2) is 0 Å². The second kappa shape index (κ2) is 5.20. The number of hydrogen-bond donors (Lipinski definition) is 0. The normalized spacial score (nSPS) is 46.6. The molecule has 0 amide bonds. The van der Waals surface area contributed by atoms with Gasteiger partial charge in [-0.25, -0.2) is 0 Å². The van der Waals surface area contributed by atoms with Crippen molar-refractivity contribution in [2.45, 2.75) is 85.0 Å². The van der Waals surface area contributed by atoms with E-state index < -0.39 is 0 Å². The Balaban J connectivity index is 1.60. The first-order chi connectivity index (χ1) is 12.4. The van der Waals surface area contributed by atoms with Crippen molar-refractivity contribution >= 4 is 11.6 Å². The summed E-state index contributed by atoms with van der Waals surface area (Å²) < 4.78 is 0. The number of fused-ring (bicyclic) bond motifs is 2. The third kappa shape index (κ3) is 1.71. The van der Waals surface area contributed by atoms with Gasteiger partial charge < -0.3 is 0 Å². The molecule has 1 unspecified atom stereocenters. The van der Waals surface area contributed by atoms with Crippen LogP contribution in [0, 0.1) is 28.1 Å². The molecular formula is C24H32O2. The van der Waals surface area contributed by atoms with E-state index in [0.29, 0.717) is 35.7 Å². The van der Waals surface area contributed by atoms with Gasteiger partial charge in [-0.3, -0.25) is 9.59 Å². The maximum Gasteiger partial charge on any atom is 0.140 e. The molecule has 0 aromatic carbocycles. The first-order valence-corrected chi connectivity index (χ1v) is 10.9. The summed E-state index contributed by atoms with van der Waals surface area (Å²) in [4.78, 5) is 25.3. The van der Waals surface area contributed by atoms with Gasteiger partial charge in [0.25, 0.3) is 0 Å². The van der Waals surface area contributed by atoms with Gasteiger partial charge in [-0.2, -0.15) is 0 Å². The zero-order chi connectivity index (χ0) is 18.3. The molecule has 0 aromatic rings. The average molecular weight is 353 g/mol. The largest absolute Gasteiger partial charge is 0.299 e. The Bertz CT molecular complexity index is 759. The molecule has 140 valence electrons. The molecule has 0 saturated heterocycles. The summed E-state index contributed by atoms with van der Waals surface area (Å²) in [7, 11) is 0. The van der Waals surface area contributed by atoms with E-state index in [2.05, 4.69) is 26.8 Å². The van der Waals surface area contributed by atoms with Crippen LogP contribution in [0.5, 0.6) is 0 Å². The minimum atomic E-state index is -0.0474. The summed E-state index contributed by atoms with van der Waals surface area (Å²) >= 11 is 0. The van der Waals surface area contributed by atoms with Crippen molar-refractivity contribution in [3.63, 3.8) is 0 Å². The molecule has 5 aliphatic carbocycles. The molecule has 0 aromatic heterocycles. The maximum atomic E-state index is 13.1. The van der Waals surface area contributed by atoms with E-state index in [1.807, 2.05) is 0 Å². The third-order valence-corrected chi connectivity index (χ3v) is 9.74. The number of rotatable bonds is 2. The van der Waals surface area contributed by atoms with Crippen LogP contribution >= 0.6 is 0 Å². The van der Waals surface area contributed by atoms with E-state index in [0.717, 1.165) is 32.1 Å². The van der Waals surface area contributed by atoms with Gasteiger partial charge in [-0.05, 0) is 79.3 Å². The van der Waals surface area contributed by atoms with E-state index in [1.54, 1.807) is 11.1 Å². The van der Waals surface area contributed by atoms with Crippen LogP contribution in [-0.2, 0) is 9.59 Å². The first-order valence-electron chi connectivity index (χ1n) is 10.9. The molecule has 2 bridgehead atoms. The molecule has 0 radical (unpaired) electrons. The van der Waals surface area contributed by atoms with Crippen LogP contribution in [0.4, 0.5) is 0 Å². The van der Waals surface area contributed by atoms with Gasteiger partial charge >= 0.3 is 0 Å². The number of Topliss-reactive ketones (excluding diaryl/α,β-unsaturated/α-hetero) is 2. The van der Waals surface area contributed by atoms with Gasteiger partial charge in [0.05, 0.1) is 0 Å². The summed E-state index contributed by atoms with van der Waals surface area (Å²) in [6.07, 6.45) is 13.0. The lowest BCUT2D eigenvalue weighted by Gasteiger charge is -2.54. The highest BCUT2D eigenvalue weighted by atomic mass is 16.1. The topological polar surface area (TPSA) is 34.1 Å². The molecule has 2 fully saturated rings. The van der Waals surface area contributed by atoms with Crippen molar-refractivity contribution in [2.24, 2.45) is 28.1 Å². The molecule has 2 nitrogen and oxygen atoms in total. The van der Waals surface area contributed by atoms with Gasteiger partial charge in [-0.15, -0.1) is 0 Å². The number of hydrogen-bond acceptors (Lipinski definition) is 2. The molecule has 5 rings (SSSR count). The third-order valence-electron chi connectivity index (χ3n) is 9.74. The number of ketones is 2. The number of carbonyl (C=O) groups excluding carboxylic acids is 2. The van der Waals surface area contributed by atoms with Crippen molar-refractivity contribution in [2.75, 3.05) is 0 Å². The van der Waals surface area contributed by atoms with E-state index in [9.17, 15) is 9.59 Å². The van der Waals surface area contributed by atoms with Crippen LogP contribution in [0.1, 0.15) is 85.0 Å². The van der Waals surface area contributed by atoms with Crippen LogP contribution in [0.2, 0.25) is 0 Å². The Hall–Kier alpha value is -1.18. The maximum absolute atomic E-state index is 13.1. The van der Waals surface area contributed by atoms with Gasteiger partial charge in [0.1, 0.15) is 11.6 Å². The fraction of sp³-hybridized carbons (Fsp3) is 0.750. The summed E-state index contributed by atoms with van der Waals surface area (Å²) in [5.74, 6) is 1.79. The molecule has 2 saturated carbocycles. The zero-order valence-corrected chi connectivity index (χ0v) is 16.6. The molecule has 26 heavy (non-hydrogen) atoms. The Labute approximate surface area is 157 Å². The molecule has 2 heteroatoms. The monoisotopic (exact) mass is 352 g/mol. The fourth-order valence-electron chi connectivity index (χ4n) is 8.21. The standard InChI is InChI=1S/C24H32O2/c1-4-21(26)24-11-9-23(10-12-24)19-6-5-16-14-20(25)15(2)13-18(16)17(19)7-8-22(23,24)3/h7,15,19H,4-6,8-14H2,1-3H3/t15?,19-,22+,23?,24?/m1/s1. The van der Waals surface area contributed by atoms with Crippen LogP contribution in [-0.4, -0.2) is 11.6 Å². The Morgan fingerprint density at radius 1 is 1.23 bits per heavy atom. The predicted octanol–water partition coefficient (Wildman–Crippen LogP) is 5.57. The lowest BCUT2D eigenvalue weighted by molar-refractivity contribution is -0.135. The molecular weight excluding hydrogens is 320 g/mol. The highest BCUT2D eigenvalue weighted by molar-refractivity contribution is 5.87. The van der Waals surface area contributed by atoms with Crippen LogP contribution in [0.25, 0.3) is 0 Å². The molecule has 0 N–H and O–H groups in total. The average Bonchev–Trinajstić information content (AvgIpc) is 3.06. The second-order valence-electron chi connectivity index (χ2n) is 10.1. The lowest BCUT2D eigenvalue weighted by atomic mass is 9.49. The Morgan fingerprint density at radius 2 is 1.96 bits per heavy atom. The molecule has 0 aliphatic heterocycles. The first kappa shape index (κ1) is 17.0. The van der Waals surface area contributed by atoms with Crippen molar-refractivity contribution in [1.82, 2.24) is 0 Å². The minimum Gasteiger partial charge on any atom is -0.299 e. The minimum absolute atomic E-state index is 0.0474. The number of allylic oxidation sites excluding steroid dienone is 4. The van der Waals surface area contributed by atoms with Crippen LogP contribution in [0.3, 0.4) is 0 Å². The van der Waals surface area contributed by atoms with Gasteiger partial charge in [0.2, 0.25) is 0 Å². The highest BCUT2D eigenvalue weighted by Gasteiger charge is 2.74. The predicted molar refractivity (Wildman–Crippen MR) is 103 cm³/mol.